The van der Waals surface area contributed by atoms with Crippen molar-refractivity contribution < 1.29 is 19.5 Å². The molecular formula is C10H18NO3+. The third kappa shape index (κ3) is 0.795. The van der Waals surface area contributed by atoms with Crippen LogP contribution >= 0.6 is 0 Å². The Hall–Kier alpha value is -0.160. The molecule has 0 saturated carbocycles. The second-order valence-electron chi connectivity index (χ2n) is 5.35. The third-order valence-corrected chi connectivity index (χ3v) is 4.30. The molecule has 3 rings (SSSR count). The molecule has 0 aromatic carbocycles. The van der Waals surface area contributed by atoms with E-state index in [9.17, 15) is 5.11 Å². The number of rotatable bonds is 1. The summed E-state index contributed by atoms with van der Waals surface area (Å²) >= 11 is 0. The fourth-order valence-corrected chi connectivity index (χ4v) is 3.65. The fourth-order valence-electron chi connectivity index (χ4n) is 3.65. The van der Waals surface area contributed by atoms with Gasteiger partial charge in [0.25, 0.3) is 0 Å². The smallest absolute Gasteiger partial charge is 0.202 e. The SMILES string of the molecule is C[C@@]12CC[C@]3(C)OCC(CO)(CO1)[NH+]23. The second-order valence-corrected chi connectivity index (χ2v) is 5.35. The maximum atomic E-state index is 9.54. The molecule has 0 spiro atoms. The van der Waals surface area contributed by atoms with E-state index < -0.39 is 0 Å². The standard InChI is InChI=1S/C10H17NO3/c1-8-3-4-9(2)11(8)10(5-12,6-13-8)7-14-9/h12H,3-7H2,1-2H3/p+1/t8-,9-/m0/s1. The van der Waals surface area contributed by atoms with Crippen LogP contribution in [0, 0.1) is 0 Å². The topological polar surface area (TPSA) is 43.1 Å². The van der Waals surface area contributed by atoms with Gasteiger partial charge in [-0.25, -0.2) is 0 Å². The highest BCUT2D eigenvalue weighted by Gasteiger charge is 2.73. The van der Waals surface area contributed by atoms with E-state index >= 15 is 0 Å². The number of quaternary nitrogens is 1. The van der Waals surface area contributed by atoms with E-state index in [2.05, 4.69) is 13.8 Å². The van der Waals surface area contributed by atoms with E-state index in [1.807, 2.05) is 0 Å². The van der Waals surface area contributed by atoms with Crippen molar-refractivity contribution in [2.75, 3.05) is 19.8 Å². The maximum absolute atomic E-state index is 9.54. The van der Waals surface area contributed by atoms with Crippen LogP contribution in [0.2, 0.25) is 0 Å². The van der Waals surface area contributed by atoms with Crippen molar-refractivity contribution in [2.45, 2.75) is 43.7 Å². The molecule has 2 atom stereocenters. The Morgan fingerprint density at radius 2 is 1.64 bits per heavy atom. The number of hydrogen-bond donors (Lipinski definition) is 2. The van der Waals surface area contributed by atoms with Gasteiger partial charge in [0.1, 0.15) is 19.8 Å². The number of nitrogens with one attached hydrogen (secondary N) is 1. The van der Waals surface area contributed by atoms with E-state index in [1.54, 1.807) is 0 Å². The number of ether oxygens (including phenoxy) is 2. The van der Waals surface area contributed by atoms with Crippen LogP contribution < -0.4 is 4.90 Å². The van der Waals surface area contributed by atoms with Crippen LogP contribution in [0.5, 0.6) is 0 Å². The van der Waals surface area contributed by atoms with Crippen LogP contribution in [0.15, 0.2) is 0 Å². The number of hydrogen-bond acceptors (Lipinski definition) is 3. The zero-order valence-corrected chi connectivity index (χ0v) is 8.80. The average Bonchev–Trinajstić information content (AvgIpc) is 2.72. The number of aliphatic hydroxyl groups is 1. The quantitative estimate of drug-likeness (QED) is 0.564. The van der Waals surface area contributed by atoms with E-state index in [-0.39, 0.29) is 23.6 Å². The zero-order chi connectivity index (χ0) is 10.0. The van der Waals surface area contributed by atoms with Gasteiger partial charge in [0.05, 0.1) is 0 Å². The Kier molecular flexibility index (Phi) is 1.51. The molecule has 3 fully saturated rings. The van der Waals surface area contributed by atoms with Crippen molar-refractivity contribution in [3.63, 3.8) is 0 Å². The molecule has 80 valence electrons. The van der Waals surface area contributed by atoms with E-state index in [0.717, 1.165) is 12.8 Å². The monoisotopic (exact) mass is 200 g/mol. The predicted octanol–water partition coefficient (Wildman–Crippen LogP) is -1.11. The van der Waals surface area contributed by atoms with Crippen LogP contribution in [0.25, 0.3) is 0 Å². The Balaban J connectivity index is 2.08. The van der Waals surface area contributed by atoms with E-state index in [1.165, 1.54) is 4.90 Å². The molecule has 0 aromatic heterocycles. The van der Waals surface area contributed by atoms with Crippen LogP contribution in [0.1, 0.15) is 26.7 Å². The van der Waals surface area contributed by atoms with Crippen molar-refractivity contribution in [3.8, 4) is 0 Å². The lowest BCUT2D eigenvalue weighted by atomic mass is 10.0. The highest BCUT2D eigenvalue weighted by molar-refractivity contribution is 4.97. The van der Waals surface area contributed by atoms with Gasteiger partial charge in [0.2, 0.25) is 11.4 Å². The molecule has 0 aliphatic carbocycles. The Morgan fingerprint density at radius 3 is 2.07 bits per heavy atom. The summed E-state index contributed by atoms with van der Waals surface area (Å²) in [6.07, 6.45) is 2.06. The minimum absolute atomic E-state index is 0.131. The summed E-state index contributed by atoms with van der Waals surface area (Å²) in [6, 6.07) is 0. The molecule has 0 unspecified atom stereocenters. The Morgan fingerprint density at radius 1 is 1.14 bits per heavy atom. The Labute approximate surface area is 83.8 Å². The summed E-state index contributed by atoms with van der Waals surface area (Å²) in [7, 11) is 0. The molecule has 4 heteroatoms. The first-order valence-electron chi connectivity index (χ1n) is 5.32. The molecular weight excluding hydrogens is 182 g/mol. The van der Waals surface area contributed by atoms with Gasteiger partial charge in [-0.15, -0.1) is 0 Å². The first-order valence-corrected chi connectivity index (χ1v) is 5.32. The summed E-state index contributed by atoms with van der Waals surface area (Å²) in [5, 5.41) is 9.54. The molecule has 0 amide bonds. The van der Waals surface area contributed by atoms with Gasteiger partial charge in [0, 0.05) is 26.7 Å². The van der Waals surface area contributed by atoms with Gasteiger partial charge in [-0.2, -0.15) is 0 Å². The lowest BCUT2D eigenvalue weighted by Gasteiger charge is -2.33. The third-order valence-electron chi connectivity index (χ3n) is 4.30. The lowest BCUT2D eigenvalue weighted by molar-refractivity contribution is -1.02. The minimum atomic E-state index is -0.194. The molecule has 3 saturated heterocycles. The highest BCUT2D eigenvalue weighted by Crippen LogP contribution is 2.38. The molecule has 2 N–H and O–H groups in total. The summed E-state index contributed by atoms with van der Waals surface area (Å²) < 4.78 is 11.8. The van der Waals surface area contributed by atoms with Crippen LogP contribution in [-0.2, 0) is 9.47 Å². The van der Waals surface area contributed by atoms with Gasteiger partial charge in [0.15, 0.2) is 5.54 Å². The van der Waals surface area contributed by atoms with Gasteiger partial charge >= 0.3 is 0 Å². The van der Waals surface area contributed by atoms with E-state index in [0.29, 0.717) is 13.2 Å². The number of aliphatic hydroxyl groups excluding tert-OH is 1. The van der Waals surface area contributed by atoms with Crippen molar-refractivity contribution >= 4 is 0 Å². The average molecular weight is 200 g/mol. The minimum Gasteiger partial charge on any atom is -0.390 e. The van der Waals surface area contributed by atoms with E-state index in [4.69, 9.17) is 9.47 Å². The molecule has 3 aliphatic rings. The lowest BCUT2D eigenvalue weighted by Crippen LogP contribution is -3.27. The summed E-state index contributed by atoms with van der Waals surface area (Å²) in [5.74, 6) is 0. The first-order chi connectivity index (χ1) is 6.55. The highest BCUT2D eigenvalue weighted by atomic mass is 16.6. The van der Waals surface area contributed by atoms with Gasteiger partial charge in [-0.05, 0) is 0 Å². The summed E-state index contributed by atoms with van der Waals surface area (Å²) in [4.78, 5) is 1.32. The molecule has 0 aromatic rings. The largest absolute Gasteiger partial charge is 0.390 e. The molecule has 0 bridgehead atoms. The maximum Gasteiger partial charge on any atom is 0.202 e. The van der Waals surface area contributed by atoms with Crippen LogP contribution in [0.3, 0.4) is 0 Å². The van der Waals surface area contributed by atoms with Gasteiger partial charge in [-0.3, -0.25) is 4.90 Å². The van der Waals surface area contributed by atoms with Crippen molar-refractivity contribution in [3.05, 3.63) is 0 Å². The van der Waals surface area contributed by atoms with Gasteiger partial charge in [-0.1, -0.05) is 0 Å². The first kappa shape index (κ1) is 9.09. The molecule has 14 heavy (non-hydrogen) atoms. The van der Waals surface area contributed by atoms with Crippen LogP contribution in [-0.4, -0.2) is 41.9 Å². The molecule has 4 nitrogen and oxygen atoms in total. The summed E-state index contributed by atoms with van der Waals surface area (Å²) in [6.45, 7) is 5.70. The zero-order valence-electron chi connectivity index (χ0n) is 8.80. The van der Waals surface area contributed by atoms with Crippen molar-refractivity contribution in [1.82, 2.24) is 0 Å². The van der Waals surface area contributed by atoms with Crippen molar-refractivity contribution in [1.29, 1.82) is 0 Å². The van der Waals surface area contributed by atoms with Gasteiger partial charge < -0.3 is 14.6 Å². The molecule has 0 radical (unpaired) electrons. The fraction of sp³-hybridized carbons (Fsp3) is 1.00. The Bertz CT molecular complexity index is 261. The summed E-state index contributed by atoms with van der Waals surface area (Å²) in [5.41, 5.74) is -0.456. The normalized spacial score (nSPS) is 60.6. The second kappa shape index (κ2) is 2.32. The molecule has 3 heterocycles. The predicted molar refractivity (Wildman–Crippen MR) is 48.7 cm³/mol. The van der Waals surface area contributed by atoms with Crippen molar-refractivity contribution in [2.24, 2.45) is 0 Å². The van der Waals surface area contributed by atoms with Crippen LogP contribution in [0.4, 0.5) is 0 Å². The molecule has 3 aliphatic heterocycles.